The molecule has 32 heavy (non-hydrogen) atoms. The van der Waals surface area contributed by atoms with Crippen LogP contribution in [0.15, 0.2) is 67.7 Å². The molecule has 2 aromatic heterocycles. The predicted molar refractivity (Wildman–Crippen MR) is 120 cm³/mol. The standard InChI is InChI=1S/C22H15Cl2N3O5/c1-12-2-3-18-15(6-12)21(29)13(10-30-18)9-25-27-20(28)11-31-22-16(19-4-5-26-32-19)7-14(23)8-17(22)24/h2-10H,11H2,1H3,(H,27,28)/b25-9+. The first-order valence-electron chi connectivity index (χ1n) is 9.29. The maximum atomic E-state index is 12.6. The monoisotopic (exact) mass is 471 g/mol. The number of ether oxygens (including phenoxy) is 1. The zero-order valence-corrected chi connectivity index (χ0v) is 18.1. The van der Waals surface area contributed by atoms with Gasteiger partial charge in [0.1, 0.15) is 17.6 Å². The number of aromatic nitrogens is 1. The summed E-state index contributed by atoms with van der Waals surface area (Å²) in [6.07, 6.45) is 3.95. The molecule has 0 unspecified atom stereocenters. The summed E-state index contributed by atoms with van der Waals surface area (Å²) in [5, 5.41) is 8.45. The van der Waals surface area contributed by atoms with E-state index in [1.807, 2.05) is 13.0 Å². The first-order chi connectivity index (χ1) is 15.4. The van der Waals surface area contributed by atoms with Crippen molar-refractivity contribution < 1.29 is 18.5 Å². The molecular weight excluding hydrogens is 457 g/mol. The molecule has 2 aromatic carbocycles. The highest BCUT2D eigenvalue weighted by molar-refractivity contribution is 6.36. The van der Waals surface area contributed by atoms with Crippen LogP contribution in [0.4, 0.5) is 0 Å². The lowest BCUT2D eigenvalue weighted by molar-refractivity contribution is -0.123. The van der Waals surface area contributed by atoms with Gasteiger partial charge in [0, 0.05) is 11.1 Å². The minimum Gasteiger partial charge on any atom is -0.481 e. The summed E-state index contributed by atoms with van der Waals surface area (Å²) < 4.78 is 16.1. The molecule has 0 saturated carbocycles. The summed E-state index contributed by atoms with van der Waals surface area (Å²) in [6, 6.07) is 9.97. The van der Waals surface area contributed by atoms with Crippen molar-refractivity contribution in [2.24, 2.45) is 5.10 Å². The first-order valence-corrected chi connectivity index (χ1v) is 10.0. The number of nitrogens with zero attached hydrogens (tertiary/aromatic N) is 2. The summed E-state index contributed by atoms with van der Waals surface area (Å²) in [5.74, 6) is 0.00962. The Balaban J connectivity index is 1.45. The predicted octanol–water partition coefficient (Wildman–Crippen LogP) is 4.59. The first kappa shape index (κ1) is 21.6. The zero-order chi connectivity index (χ0) is 22.7. The molecule has 1 amide bonds. The normalized spacial score (nSPS) is 11.2. The zero-order valence-electron chi connectivity index (χ0n) is 16.6. The summed E-state index contributed by atoms with van der Waals surface area (Å²) >= 11 is 12.3. The van der Waals surface area contributed by atoms with Gasteiger partial charge in [-0.15, -0.1) is 0 Å². The second-order valence-electron chi connectivity index (χ2n) is 6.74. The lowest BCUT2D eigenvalue weighted by Crippen LogP contribution is -2.25. The number of fused-ring (bicyclic) bond motifs is 1. The maximum absolute atomic E-state index is 12.6. The maximum Gasteiger partial charge on any atom is 0.277 e. The molecule has 0 bridgehead atoms. The molecule has 4 aromatic rings. The van der Waals surface area contributed by atoms with E-state index in [1.165, 1.54) is 24.7 Å². The van der Waals surface area contributed by atoms with E-state index in [-0.39, 0.29) is 21.8 Å². The number of carbonyl (C=O) groups excluding carboxylic acids is 1. The summed E-state index contributed by atoms with van der Waals surface area (Å²) in [4.78, 5) is 24.7. The van der Waals surface area contributed by atoms with Crippen LogP contribution in [-0.4, -0.2) is 23.9 Å². The van der Waals surface area contributed by atoms with Gasteiger partial charge in [-0.1, -0.05) is 40.0 Å². The minimum atomic E-state index is -0.572. The van der Waals surface area contributed by atoms with E-state index >= 15 is 0 Å². The van der Waals surface area contributed by atoms with Crippen LogP contribution in [0.5, 0.6) is 5.75 Å². The van der Waals surface area contributed by atoms with E-state index in [9.17, 15) is 9.59 Å². The largest absolute Gasteiger partial charge is 0.481 e. The molecule has 0 spiro atoms. The van der Waals surface area contributed by atoms with Crippen molar-refractivity contribution in [1.82, 2.24) is 10.6 Å². The Morgan fingerprint density at radius 2 is 2.09 bits per heavy atom. The molecular formula is C22H15Cl2N3O5. The van der Waals surface area contributed by atoms with Crippen molar-refractivity contribution in [3.8, 4) is 17.1 Å². The molecule has 0 radical (unpaired) electrons. The van der Waals surface area contributed by atoms with Gasteiger partial charge in [-0.05, 0) is 31.2 Å². The van der Waals surface area contributed by atoms with Crippen molar-refractivity contribution in [1.29, 1.82) is 0 Å². The molecule has 0 aliphatic rings. The van der Waals surface area contributed by atoms with E-state index in [0.29, 0.717) is 27.3 Å². The average molecular weight is 472 g/mol. The van der Waals surface area contributed by atoms with Crippen molar-refractivity contribution in [3.63, 3.8) is 0 Å². The Hall–Kier alpha value is -3.62. The quantitative estimate of drug-likeness (QED) is 0.325. The lowest BCUT2D eigenvalue weighted by atomic mass is 10.1. The molecule has 4 rings (SSSR count). The number of hydrogen-bond acceptors (Lipinski definition) is 7. The third-order valence-corrected chi connectivity index (χ3v) is 4.91. The Morgan fingerprint density at radius 1 is 1.25 bits per heavy atom. The number of rotatable bonds is 6. The van der Waals surface area contributed by atoms with Gasteiger partial charge in [0.2, 0.25) is 5.43 Å². The lowest BCUT2D eigenvalue weighted by Gasteiger charge is -2.11. The Morgan fingerprint density at radius 3 is 2.88 bits per heavy atom. The highest BCUT2D eigenvalue weighted by Crippen LogP contribution is 2.38. The molecule has 0 aliphatic carbocycles. The van der Waals surface area contributed by atoms with Gasteiger partial charge < -0.3 is 13.7 Å². The van der Waals surface area contributed by atoms with Gasteiger partial charge in [0.15, 0.2) is 12.4 Å². The van der Waals surface area contributed by atoms with Gasteiger partial charge in [-0.2, -0.15) is 5.10 Å². The van der Waals surface area contributed by atoms with Crippen molar-refractivity contribution in [2.75, 3.05) is 6.61 Å². The highest BCUT2D eigenvalue weighted by Gasteiger charge is 2.16. The number of aryl methyl sites for hydroxylation is 1. The number of amides is 1. The topological polar surface area (TPSA) is 107 Å². The van der Waals surface area contributed by atoms with E-state index < -0.39 is 12.5 Å². The van der Waals surface area contributed by atoms with Crippen LogP contribution in [0.2, 0.25) is 10.0 Å². The molecule has 1 N–H and O–H groups in total. The van der Waals surface area contributed by atoms with Gasteiger partial charge >= 0.3 is 0 Å². The Labute approximate surface area is 191 Å². The summed E-state index contributed by atoms with van der Waals surface area (Å²) in [6.45, 7) is 1.48. The van der Waals surface area contributed by atoms with Crippen molar-refractivity contribution in [2.45, 2.75) is 6.92 Å². The number of hydrogen-bond donors (Lipinski definition) is 1. The summed E-state index contributed by atoms with van der Waals surface area (Å²) in [7, 11) is 0. The molecule has 0 atom stereocenters. The van der Waals surface area contributed by atoms with Gasteiger partial charge in [0.05, 0.1) is 33.9 Å². The second-order valence-corrected chi connectivity index (χ2v) is 7.59. The van der Waals surface area contributed by atoms with Gasteiger partial charge in [0.25, 0.3) is 5.91 Å². The SMILES string of the molecule is Cc1ccc2occ(/C=N/NC(=O)COc3c(Cl)cc(Cl)cc3-c3ccno3)c(=O)c2c1. The smallest absolute Gasteiger partial charge is 0.277 e. The van der Waals surface area contributed by atoms with Crippen LogP contribution in [0.1, 0.15) is 11.1 Å². The van der Waals surface area contributed by atoms with Crippen LogP contribution in [0.25, 0.3) is 22.3 Å². The molecule has 0 aliphatic heterocycles. The number of halogens is 2. The number of carbonyl (C=O) groups is 1. The van der Waals surface area contributed by atoms with E-state index in [2.05, 4.69) is 15.7 Å². The fraction of sp³-hybridized carbons (Fsp3) is 0.0909. The van der Waals surface area contributed by atoms with E-state index in [0.717, 1.165) is 5.56 Å². The van der Waals surface area contributed by atoms with Crippen LogP contribution in [-0.2, 0) is 4.79 Å². The highest BCUT2D eigenvalue weighted by atomic mass is 35.5. The third-order valence-electron chi connectivity index (χ3n) is 4.41. The molecule has 10 heteroatoms. The Bertz CT molecular complexity index is 1380. The number of hydrazone groups is 1. The molecule has 0 fully saturated rings. The molecule has 8 nitrogen and oxygen atoms in total. The fourth-order valence-electron chi connectivity index (χ4n) is 2.94. The Kier molecular flexibility index (Phi) is 6.25. The fourth-order valence-corrected chi connectivity index (χ4v) is 3.49. The third kappa shape index (κ3) is 4.66. The molecule has 2 heterocycles. The minimum absolute atomic E-state index is 0.192. The van der Waals surface area contributed by atoms with Crippen LogP contribution in [0, 0.1) is 6.92 Å². The van der Waals surface area contributed by atoms with Crippen molar-refractivity contribution in [3.05, 3.63) is 80.3 Å². The van der Waals surface area contributed by atoms with Crippen LogP contribution in [0.3, 0.4) is 0 Å². The second kappa shape index (κ2) is 9.25. The molecule has 162 valence electrons. The number of benzene rings is 2. The van der Waals surface area contributed by atoms with E-state index in [1.54, 1.807) is 24.3 Å². The summed E-state index contributed by atoms with van der Waals surface area (Å²) in [5.41, 5.74) is 4.07. The van der Waals surface area contributed by atoms with Gasteiger partial charge in [-0.3, -0.25) is 9.59 Å². The van der Waals surface area contributed by atoms with Crippen LogP contribution < -0.4 is 15.6 Å². The van der Waals surface area contributed by atoms with Crippen molar-refractivity contribution >= 4 is 46.3 Å². The number of nitrogens with one attached hydrogen (secondary N) is 1. The average Bonchev–Trinajstić information content (AvgIpc) is 3.29. The van der Waals surface area contributed by atoms with Gasteiger partial charge in [-0.25, -0.2) is 5.43 Å². The van der Waals surface area contributed by atoms with Crippen LogP contribution >= 0.6 is 23.2 Å². The molecule has 0 saturated heterocycles. The van der Waals surface area contributed by atoms with E-state index in [4.69, 9.17) is 36.9 Å².